The Morgan fingerprint density at radius 1 is 0.274 bits per heavy atom. The number of esters is 4. The van der Waals surface area contributed by atoms with Gasteiger partial charge < -0.3 is 33.8 Å². The zero-order chi connectivity index (χ0) is 77.4. The van der Waals surface area contributed by atoms with Crippen molar-refractivity contribution in [2.45, 2.75) is 329 Å². The average Bonchev–Trinajstić information content (AvgIpc) is 0.907. The first-order valence-corrected chi connectivity index (χ1v) is 43.7. The molecule has 0 aromatic carbocycles. The Morgan fingerprint density at radius 2 is 0.500 bits per heavy atom. The highest BCUT2D eigenvalue weighted by Gasteiger charge is 2.30. The lowest BCUT2D eigenvalue weighted by molar-refractivity contribution is -0.161. The van der Waals surface area contributed by atoms with E-state index in [1.807, 2.05) is 12.2 Å². The van der Waals surface area contributed by atoms with Crippen molar-refractivity contribution in [3.05, 3.63) is 158 Å². The van der Waals surface area contributed by atoms with Gasteiger partial charge in [-0.2, -0.15) is 0 Å². The molecule has 5 atom stereocenters. The smallest absolute Gasteiger partial charge is 0.462 e. The molecule has 0 heterocycles. The third kappa shape index (κ3) is 76.9. The number of phosphoric acid groups is 2. The minimum atomic E-state index is -5.01. The number of carbonyl (C=O) groups is 4. The van der Waals surface area contributed by atoms with E-state index in [4.69, 9.17) is 37.0 Å². The Morgan fingerprint density at radius 3 is 0.840 bits per heavy atom. The number of hydrogen-bond donors (Lipinski definition) is 3. The average molecular weight is 1520 g/mol. The van der Waals surface area contributed by atoms with Gasteiger partial charge in [0.05, 0.1) is 26.4 Å². The van der Waals surface area contributed by atoms with Crippen LogP contribution in [-0.2, 0) is 65.4 Å². The van der Waals surface area contributed by atoms with E-state index in [0.29, 0.717) is 32.1 Å². The summed E-state index contributed by atoms with van der Waals surface area (Å²) in [5.74, 6) is -2.32. The largest absolute Gasteiger partial charge is 0.472 e. The second-order valence-electron chi connectivity index (χ2n) is 26.6. The Kier molecular flexibility index (Phi) is 73.9. The summed E-state index contributed by atoms with van der Waals surface area (Å²) in [6, 6.07) is 0. The molecule has 17 nitrogen and oxygen atoms in total. The summed E-state index contributed by atoms with van der Waals surface area (Å²) < 4.78 is 68.6. The minimum Gasteiger partial charge on any atom is -0.462 e. The first kappa shape index (κ1) is 101. The molecule has 0 aliphatic heterocycles. The first-order valence-electron chi connectivity index (χ1n) is 40.7. The van der Waals surface area contributed by atoms with Gasteiger partial charge in [0.15, 0.2) is 12.2 Å². The highest BCUT2D eigenvalue weighted by molar-refractivity contribution is 7.47. The quantitative estimate of drug-likeness (QED) is 0.0169. The molecule has 0 aliphatic carbocycles. The van der Waals surface area contributed by atoms with Crippen molar-refractivity contribution in [3.8, 4) is 0 Å². The van der Waals surface area contributed by atoms with Gasteiger partial charge in [-0.15, -0.1) is 0 Å². The van der Waals surface area contributed by atoms with Crippen molar-refractivity contribution in [1.29, 1.82) is 0 Å². The van der Waals surface area contributed by atoms with Crippen LogP contribution in [0.2, 0.25) is 0 Å². The van der Waals surface area contributed by atoms with Crippen LogP contribution in [0.15, 0.2) is 158 Å². The van der Waals surface area contributed by atoms with E-state index in [0.717, 1.165) is 167 Å². The van der Waals surface area contributed by atoms with Gasteiger partial charge in [0.25, 0.3) is 0 Å². The zero-order valence-electron chi connectivity index (χ0n) is 66.1. The number of allylic oxidation sites excluding steroid dienone is 26. The van der Waals surface area contributed by atoms with E-state index in [9.17, 15) is 43.2 Å². The van der Waals surface area contributed by atoms with Crippen LogP contribution in [-0.4, -0.2) is 96.7 Å². The first-order chi connectivity index (χ1) is 51.7. The maximum atomic E-state index is 13.1. The summed E-state index contributed by atoms with van der Waals surface area (Å²) in [5.41, 5.74) is 0. The van der Waals surface area contributed by atoms with E-state index in [2.05, 4.69) is 174 Å². The Bertz CT molecular complexity index is 2630. The van der Waals surface area contributed by atoms with Crippen LogP contribution < -0.4 is 0 Å². The summed E-state index contributed by atoms with van der Waals surface area (Å²) in [6.45, 7) is 4.48. The van der Waals surface area contributed by atoms with Crippen molar-refractivity contribution in [2.24, 2.45) is 0 Å². The summed E-state index contributed by atoms with van der Waals surface area (Å²) >= 11 is 0. The molecule has 5 unspecified atom stereocenters. The minimum absolute atomic E-state index is 0.00762. The molecular weight excluding hydrogens is 1380 g/mol. The summed E-state index contributed by atoms with van der Waals surface area (Å²) in [7, 11) is -10.0. The molecule has 19 heteroatoms. The van der Waals surface area contributed by atoms with Crippen LogP contribution in [0, 0.1) is 0 Å². The van der Waals surface area contributed by atoms with Crippen LogP contribution >= 0.6 is 15.6 Å². The summed E-state index contributed by atoms with van der Waals surface area (Å²) in [6.07, 6.45) is 90.8. The molecule has 0 amide bonds. The highest BCUT2D eigenvalue weighted by atomic mass is 31.2. The van der Waals surface area contributed by atoms with E-state index >= 15 is 0 Å². The number of unbranched alkanes of at least 4 members (excludes halogenated alkanes) is 23. The molecule has 0 spiro atoms. The van der Waals surface area contributed by atoms with Gasteiger partial charge in [0.2, 0.25) is 0 Å². The van der Waals surface area contributed by atoms with Crippen molar-refractivity contribution < 1.29 is 80.2 Å². The standard InChI is InChI=1S/C87H144O17P2/c1-5-9-13-17-21-25-29-33-37-39-40-42-45-48-52-56-60-64-68-72-85(90)98-78-83(104-87(92)74-70-66-62-58-54-50-46-41-38-34-30-26-22-18-14-10-6-2)80-102-106(95,96)100-76-81(88)75-99-105(93,94)101-79-82(103-86(91)73-69-65-61-57-53-49-44-36-32-28-24-20-16-12-8-4)77-97-84(89)71-67-63-59-55-51-47-43-35-31-27-23-19-15-11-7-3/h10-11,14-15,21-23,25-27,33-38,40,42-44,46,50-51,55,58,62,81-83,88H,5-9,12-13,16-20,24,28-32,39,41,45,47-49,52-54,56-57,59-61,63-80H2,1-4H3,(H,93,94)(H,95,96)/b14-10-,15-11-,25-21-,26-22-,27-23-,37-33-,38-34-,42-40-,43-35-,44-36-,50-46-,55-51-,62-58-. The third-order valence-corrected chi connectivity index (χ3v) is 18.4. The fraction of sp³-hybridized carbons (Fsp3) is 0.655. The lowest BCUT2D eigenvalue weighted by Gasteiger charge is -2.21. The van der Waals surface area contributed by atoms with Gasteiger partial charge >= 0.3 is 39.5 Å². The second-order valence-corrected chi connectivity index (χ2v) is 29.5. The topological polar surface area (TPSA) is 237 Å². The second kappa shape index (κ2) is 77.8. The third-order valence-electron chi connectivity index (χ3n) is 16.5. The molecule has 0 radical (unpaired) electrons. The molecule has 0 saturated heterocycles. The summed E-state index contributed by atoms with van der Waals surface area (Å²) in [4.78, 5) is 73.1. The van der Waals surface area contributed by atoms with Crippen LogP contribution in [0.25, 0.3) is 0 Å². The van der Waals surface area contributed by atoms with Crippen molar-refractivity contribution in [1.82, 2.24) is 0 Å². The summed E-state index contributed by atoms with van der Waals surface area (Å²) in [5, 5.41) is 10.6. The fourth-order valence-corrected chi connectivity index (χ4v) is 11.9. The monoisotopic (exact) mass is 1520 g/mol. The number of ether oxygens (including phenoxy) is 4. The van der Waals surface area contributed by atoms with Gasteiger partial charge in [-0.25, -0.2) is 9.13 Å². The van der Waals surface area contributed by atoms with E-state index in [-0.39, 0.29) is 25.7 Å². The van der Waals surface area contributed by atoms with E-state index in [1.165, 1.54) is 57.8 Å². The highest BCUT2D eigenvalue weighted by Crippen LogP contribution is 2.45. The van der Waals surface area contributed by atoms with Crippen LogP contribution in [0.3, 0.4) is 0 Å². The lowest BCUT2D eigenvalue weighted by Crippen LogP contribution is -2.30. The predicted octanol–water partition coefficient (Wildman–Crippen LogP) is 24.0. The normalized spacial score (nSPS) is 14.7. The zero-order valence-corrected chi connectivity index (χ0v) is 67.8. The maximum Gasteiger partial charge on any atom is 0.472 e. The van der Waals surface area contributed by atoms with Crippen LogP contribution in [0.5, 0.6) is 0 Å². The Balaban J connectivity index is 5.48. The number of aliphatic hydroxyl groups is 1. The molecule has 0 aromatic heterocycles. The van der Waals surface area contributed by atoms with Crippen molar-refractivity contribution >= 4 is 39.5 Å². The molecule has 0 aromatic rings. The molecule has 0 saturated carbocycles. The van der Waals surface area contributed by atoms with Crippen molar-refractivity contribution in [3.63, 3.8) is 0 Å². The van der Waals surface area contributed by atoms with Gasteiger partial charge in [-0.3, -0.25) is 37.3 Å². The number of aliphatic hydroxyl groups excluding tert-OH is 1. The molecule has 0 rings (SSSR count). The molecule has 0 bridgehead atoms. The van der Waals surface area contributed by atoms with Gasteiger partial charge in [-0.1, -0.05) is 276 Å². The molecular formula is C87H144O17P2. The Hall–Kier alpha value is -5.32. The van der Waals surface area contributed by atoms with Gasteiger partial charge in [0, 0.05) is 25.7 Å². The number of carbonyl (C=O) groups excluding carboxylic acids is 4. The Labute approximate surface area is 642 Å². The lowest BCUT2D eigenvalue weighted by atomic mass is 10.1. The number of hydrogen-bond acceptors (Lipinski definition) is 15. The van der Waals surface area contributed by atoms with Crippen molar-refractivity contribution in [2.75, 3.05) is 39.6 Å². The molecule has 604 valence electrons. The molecule has 0 aliphatic rings. The molecule has 0 fully saturated rings. The van der Waals surface area contributed by atoms with E-state index in [1.54, 1.807) is 0 Å². The van der Waals surface area contributed by atoms with Gasteiger partial charge in [0.1, 0.15) is 19.3 Å². The number of phosphoric ester groups is 2. The fourth-order valence-electron chi connectivity index (χ4n) is 10.3. The van der Waals surface area contributed by atoms with E-state index < -0.39 is 97.5 Å². The molecule has 3 N–H and O–H groups in total. The predicted molar refractivity (Wildman–Crippen MR) is 436 cm³/mol. The van der Waals surface area contributed by atoms with Gasteiger partial charge in [-0.05, 0) is 167 Å². The number of rotatable bonds is 75. The molecule has 106 heavy (non-hydrogen) atoms. The van der Waals surface area contributed by atoms with Crippen LogP contribution in [0.4, 0.5) is 0 Å². The maximum absolute atomic E-state index is 13.1. The van der Waals surface area contributed by atoms with Crippen LogP contribution in [0.1, 0.15) is 310 Å². The SMILES string of the molecule is CC/C=C\C/C=C\C/C=C\C/C=C\C/C=C\CCCC(=O)OC(COC(=O)CCCCCCCC/C=C\C/C=C\C/C=C\CCCCC)COP(=O)(O)OCC(O)COP(=O)(O)OCC(COC(=O)CCCC/C=C\C/C=C\C/C=C\C/C=C\CC)OC(=O)CCCCCCC/C=C\CCCCCCCC.